The Kier molecular flexibility index (Phi) is 1.91. The molecule has 0 saturated carbocycles. The highest BCUT2D eigenvalue weighted by Crippen LogP contribution is 2.20. The zero-order valence-electron chi connectivity index (χ0n) is 4.89. The maximum Gasteiger partial charge on any atom is 0.200 e. The Balaban J connectivity index is 3.46. The van der Waals surface area contributed by atoms with E-state index in [0.717, 1.165) is 0 Å². The van der Waals surface area contributed by atoms with E-state index in [0.29, 0.717) is 20.9 Å². The largest absolute Gasteiger partial charge is 0.384 e. The lowest BCUT2D eigenvalue weighted by molar-refractivity contribution is 1.14. The molecule has 0 aliphatic heterocycles. The zero-order valence-corrected chi connectivity index (χ0v) is 7.29. The summed E-state index contributed by atoms with van der Waals surface area (Å²) in [5.41, 5.74) is 10.8. The van der Waals surface area contributed by atoms with Crippen LogP contribution in [-0.4, -0.2) is 9.97 Å². The summed E-state index contributed by atoms with van der Waals surface area (Å²) in [5.74, 6) is 0.707. The minimum absolute atomic E-state index is 0.290. The molecular weight excluding hydrogens is 216 g/mol. The normalized spacial score (nSPS) is 9.70. The SMILES string of the molecule is Nc1nc(=S)[nH]c(N)c1Br. The second kappa shape index (κ2) is 2.55. The number of hydrogen-bond donors (Lipinski definition) is 3. The van der Waals surface area contributed by atoms with E-state index in [2.05, 4.69) is 25.9 Å². The summed E-state index contributed by atoms with van der Waals surface area (Å²) >= 11 is 7.82. The Morgan fingerprint density at radius 2 is 2.10 bits per heavy atom. The van der Waals surface area contributed by atoms with Crippen LogP contribution in [0.4, 0.5) is 11.6 Å². The van der Waals surface area contributed by atoms with Gasteiger partial charge >= 0.3 is 0 Å². The summed E-state index contributed by atoms with van der Waals surface area (Å²) in [6, 6.07) is 0. The molecule has 0 aliphatic rings. The van der Waals surface area contributed by atoms with Crippen molar-refractivity contribution in [2.24, 2.45) is 0 Å². The van der Waals surface area contributed by atoms with Gasteiger partial charge in [0.05, 0.1) is 4.47 Å². The van der Waals surface area contributed by atoms with Crippen LogP contribution in [0, 0.1) is 4.77 Å². The van der Waals surface area contributed by atoms with Gasteiger partial charge in [0.1, 0.15) is 11.6 Å². The molecule has 54 valence electrons. The summed E-state index contributed by atoms with van der Waals surface area (Å²) in [4.78, 5) is 6.38. The molecule has 0 spiro atoms. The molecule has 1 aromatic rings. The van der Waals surface area contributed by atoms with E-state index in [9.17, 15) is 0 Å². The molecule has 10 heavy (non-hydrogen) atoms. The predicted molar refractivity (Wildman–Crippen MR) is 45.9 cm³/mol. The van der Waals surface area contributed by atoms with Crippen LogP contribution in [0.25, 0.3) is 0 Å². The average molecular weight is 221 g/mol. The lowest BCUT2D eigenvalue weighted by Crippen LogP contribution is -1.99. The number of anilines is 2. The Morgan fingerprint density at radius 3 is 2.60 bits per heavy atom. The third-order valence-electron chi connectivity index (χ3n) is 0.925. The standard InChI is InChI=1S/C4H5BrN4S/c5-1-2(6)8-4(10)9-3(1)7/h(H5,6,7,8,9,10). The molecule has 0 bridgehead atoms. The number of nitrogens with zero attached hydrogens (tertiary/aromatic N) is 1. The smallest absolute Gasteiger partial charge is 0.200 e. The first kappa shape index (κ1) is 7.49. The molecule has 5 N–H and O–H groups in total. The van der Waals surface area contributed by atoms with Crippen molar-refractivity contribution < 1.29 is 0 Å². The van der Waals surface area contributed by atoms with Gasteiger partial charge in [0.25, 0.3) is 0 Å². The van der Waals surface area contributed by atoms with Crippen molar-refractivity contribution in [3.8, 4) is 0 Å². The van der Waals surface area contributed by atoms with Gasteiger partial charge in [-0.2, -0.15) is 0 Å². The number of rotatable bonds is 0. The van der Waals surface area contributed by atoms with Crippen LogP contribution in [-0.2, 0) is 0 Å². The highest BCUT2D eigenvalue weighted by atomic mass is 79.9. The van der Waals surface area contributed by atoms with E-state index in [1.165, 1.54) is 0 Å². The van der Waals surface area contributed by atoms with Gasteiger partial charge in [0.2, 0.25) is 0 Å². The molecule has 0 radical (unpaired) electrons. The highest BCUT2D eigenvalue weighted by molar-refractivity contribution is 9.10. The number of halogens is 1. The Morgan fingerprint density at radius 1 is 1.50 bits per heavy atom. The lowest BCUT2D eigenvalue weighted by atomic mass is 10.5. The van der Waals surface area contributed by atoms with E-state index in [1.807, 2.05) is 0 Å². The highest BCUT2D eigenvalue weighted by Gasteiger charge is 2.00. The lowest BCUT2D eigenvalue weighted by Gasteiger charge is -1.98. The van der Waals surface area contributed by atoms with E-state index in [4.69, 9.17) is 23.7 Å². The summed E-state index contributed by atoms with van der Waals surface area (Å²) in [6.07, 6.45) is 0. The molecule has 6 heteroatoms. The molecule has 0 aromatic carbocycles. The number of H-pyrrole nitrogens is 1. The number of nitrogens with two attached hydrogens (primary N) is 2. The number of aromatic amines is 1. The minimum Gasteiger partial charge on any atom is -0.384 e. The Hall–Kier alpha value is -0.620. The fourth-order valence-electron chi connectivity index (χ4n) is 0.494. The van der Waals surface area contributed by atoms with Gasteiger partial charge in [-0.1, -0.05) is 0 Å². The van der Waals surface area contributed by atoms with E-state index in [1.54, 1.807) is 0 Å². The van der Waals surface area contributed by atoms with E-state index < -0.39 is 0 Å². The van der Waals surface area contributed by atoms with E-state index >= 15 is 0 Å². The molecule has 0 atom stereocenters. The zero-order chi connectivity index (χ0) is 7.72. The summed E-state index contributed by atoms with van der Waals surface area (Å²) in [5, 5.41) is 0. The van der Waals surface area contributed by atoms with Gasteiger partial charge in [-0.05, 0) is 28.1 Å². The summed E-state index contributed by atoms with van der Waals surface area (Å²) < 4.78 is 0.847. The number of nitrogens with one attached hydrogen (secondary N) is 1. The fraction of sp³-hybridized carbons (Fsp3) is 0. The van der Waals surface area contributed by atoms with Gasteiger partial charge in [-0.3, -0.25) is 0 Å². The molecule has 0 fully saturated rings. The average Bonchev–Trinajstić information content (AvgIpc) is 1.82. The van der Waals surface area contributed by atoms with Crippen LogP contribution >= 0.6 is 28.1 Å². The van der Waals surface area contributed by atoms with Gasteiger partial charge < -0.3 is 16.5 Å². The minimum atomic E-state index is 0.290. The topological polar surface area (TPSA) is 80.7 Å². The van der Waals surface area contributed by atoms with Crippen LogP contribution in [0.5, 0.6) is 0 Å². The molecule has 0 saturated heterocycles. The van der Waals surface area contributed by atoms with Crippen LogP contribution in [0.1, 0.15) is 0 Å². The monoisotopic (exact) mass is 220 g/mol. The summed E-state index contributed by atoms with van der Waals surface area (Å²) in [7, 11) is 0. The quantitative estimate of drug-likeness (QED) is 0.572. The Labute approximate surface area is 70.8 Å². The molecule has 0 unspecified atom stereocenters. The van der Waals surface area contributed by atoms with Gasteiger partial charge in [0, 0.05) is 0 Å². The summed E-state index contributed by atoms with van der Waals surface area (Å²) in [6.45, 7) is 0. The van der Waals surface area contributed by atoms with Crippen LogP contribution in [0.2, 0.25) is 0 Å². The van der Waals surface area contributed by atoms with Gasteiger partial charge in [0.15, 0.2) is 4.77 Å². The van der Waals surface area contributed by atoms with Crippen molar-refractivity contribution in [1.82, 2.24) is 9.97 Å². The second-order valence-electron chi connectivity index (χ2n) is 1.65. The van der Waals surface area contributed by atoms with E-state index in [-0.39, 0.29) is 0 Å². The molecule has 1 aromatic heterocycles. The van der Waals surface area contributed by atoms with Crippen molar-refractivity contribution in [2.45, 2.75) is 0 Å². The van der Waals surface area contributed by atoms with Crippen LogP contribution < -0.4 is 11.5 Å². The van der Waals surface area contributed by atoms with Crippen molar-refractivity contribution in [2.75, 3.05) is 11.5 Å². The van der Waals surface area contributed by atoms with Crippen molar-refractivity contribution in [3.05, 3.63) is 9.24 Å². The first-order chi connectivity index (χ1) is 4.61. The van der Waals surface area contributed by atoms with Gasteiger partial charge in [-0.25, -0.2) is 4.98 Å². The van der Waals surface area contributed by atoms with Crippen LogP contribution in [0.15, 0.2) is 4.47 Å². The third-order valence-corrected chi connectivity index (χ3v) is 1.95. The first-order valence-corrected chi connectivity index (χ1v) is 3.62. The van der Waals surface area contributed by atoms with Crippen molar-refractivity contribution >= 4 is 39.8 Å². The van der Waals surface area contributed by atoms with Crippen molar-refractivity contribution in [3.63, 3.8) is 0 Å². The maximum atomic E-state index is 5.43. The van der Waals surface area contributed by atoms with Crippen molar-refractivity contribution in [1.29, 1.82) is 0 Å². The third kappa shape index (κ3) is 1.27. The molecular formula is C4H5BrN4S. The Bertz CT molecular complexity index is 280. The molecule has 0 aliphatic carbocycles. The fourth-order valence-corrected chi connectivity index (χ4v) is 0.891. The second-order valence-corrected chi connectivity index (χ2v) is 2.83. The number of hydrogen-bond acceptors (Lipinski definition) is 4. The molecule has 0 amide bonds. The predicted octanol–water partition coefficient (Wildman–Crippen LogP) is 1.07. The van der Waals surface area contributed by atoms with Gasteiger partial charge in [-0.15, -0.1) is 0 Å². The number of nitrogen functional groups attached to an aromatic ring is 2. The molecule has 4 nitrogen and oxygen atoms in total. The number of aromatic nitrogens is 2. The first-order valence-electron chi connectivity index (χ1n) is 2.42. The maximum absolute atomic E-state index is 5.43. The van der Waals surface area contributed by atoms with Crippen LogP contribution in [0.3, 0.4) is 0 Å². The molecule has 1 rings (SSSR count). The molecule has 1 heterocycles.